The molecular weight excluding hydrogens is 370 g/mol. The number of nitrogens with one attached hydrogen (secondary N) is 1. The summed E-state index contributed by atoms with van der Waals surface area (Å²) in [5.41, 5.74) is 4.13. The van der Waals surface area contributed by atoms with E-state index in [0.717, 1.165) is 26.9 Å². The third kappa shape index (κ3) is 4.29. The van der Waals surface area contributed by atoms with Gasteiger partial charge in [0, 0.05) is 16.6 Å². The van der Waals surface area contributed by atoms with Gasteiger partial charge in [-0.15, -0.1) is 0 Å². The number of hydrogen-bond donors (Lipinski definition) is 1. The number of carbonyl (C=O) groups is 1. The Morgan fingerprint density at radius 1 is 1.12 bits per heavy atom. The Balaban J connectivity index is 2.05. The number of aryl methyl sites for hydroxylation is 2. The van der Waals surface area contributed by atoms with Gasteiger partial charge in [-0.2, -0.15) is 0 Å². The zero-order chi connectivity index (χ0) is 17.7. The highest BCUT2D eigenvalue weighted by atomic mass is 79.9. The van der Waals surface area contributed by atoms with E-state index in [-0.39, 0.29) is 5.91 Å². The summed E-state index contributed by atoms with van der Waals surface area (Å²) >= 11 is 3.52. The molecule has 2 aromatic carbocycles. The molecule has 0 saturated carbocycles. The first-order chi connectivity index (χ1) is 11.5. The van der Waals surface area contributed by atoms with Crippen molar-refractivity contribution in [1.29, 1.82) is 0 Å². The number of rotatable bonds is 6. The molecule has 0 aliphatic rings. The second-order valence-electron chi connectivity index (χ2n) is 5.59. The molecule has 0 heterocycles. The van der Waals surface area contributed by atoms with Gasteiger partial charge in [0.1, 0.15) is 0 Å². The minimum absolute atomic E-state index is 0.00890. The summed E-state index contributed by atoms with van der Waals surface area (Å²) < 4.78 is 11.5. The van der Waals surface area contributed by atoms with E-state index in [4.69, 9.17) is 9.47 Å². The van der Waals surface area contributed by atoms with Crippen LogP contribution in [-0.4, -0.2) is 20.1 Å². The van der Waals surface area contributed by atoms with Gasteiger partial charge in [-0.25, -0.2) is 0 Å². The molecule has 0 bridgehead atoms. The van der Waals surface area contributed by atoms with Crippen LogP contribution in [0.2, 0.25) is 0 Å². The van der Waals surface area contributed by atoms with E-state index >= 15 is 0 Å². The monoisotopic (exact) mass is 391 g/mol. The van der Waals surface area contributed by atoms with E-state index in [1.54, 1.807) is 14.2 Å². The first-order valence-corrected chi connectivity index (χ1v) is 8.52. The third-order valence-electron chi connectivity index (χ3n) is 4.05. The lowest BCUT2D eigenvalue weighted by molar-refractivity contribution is -0.116. The minimum Gasteiger partial charge on any atom is -0.493 e. The number of halogens is 1. The molecule has 0 aliphatic carbocycles. The van der Waals surface area contributed by atoms with Gasteiger partial charge < -0.3 is 14.8 Å². The van der Waals surface area contributed by atoms with Crippen molar-refractivity contribution < 1.29 is 14.3 Å². The lowest BCUT2D eigenvalue weighted by atomic mass is 10.1. The molecule has 2 rings (SSSR count). The summed E-state index contributed by atoms with van der Waals surface area (Å²) in [6.07, 6.45) is 0.999. The Morgan fingerprint density at radius 3 is 2.46 bits per heavy atom. The quantitative estimate of drug-likeness (QED) is 0.778. The maximum absolute atomic E-state index is 12.3. The number of hydrogen-bond acceptors (Lipinski definition) is 3. The van der Waals surface area contributed by atoms with Gasteiger partial charge in [0.15, 0.2) is 11.5 Å². The average molecular weight is 392 g/mol. The van der Waals surface area contributed by atoms with Gasteiger partial charge in [-0.3, -0.25) is 4.79 Å². The van der Waals surface area contributed by atoms with E-state index in [0.29, 0.717) is 24.3 Å². The van der Waals surface area contributed by atoms with Crippen LogP contribution in [0.3, 0.4) is 0 Å². The maximum Gasteiger partial charge on any atom is 0.224 e. The number of ether oxygens (including phenoxy) is 2. The predicted molar refractivity (Wildman–Crippen MR) is 100 cm³/mol. The standard InChI is InChI=1S/C19H22BrNO3/c1-12-6-5-7-16(13(12)2)21-19(22)9-8-14-10-17(23-3)18(24-4)11-15(14)20/h5-7,10-11H,8-9H2,1-4H3,(H,21,22). The van der Waals surface area contributed by atoms with Gasteiger partial charge >= 0.3 is 0 Å². The number of amides is 1. The fourth-order valence-corrected chi connectivity index (χ4v) is 2.96. The highest BCUT2D eigenvalue weighted by molar-refractivity contribution is 9.10. The fourth-order valence-electron chi connectivity index (χ4n) is 2.44. The van der Waals surface area contributed by atoms with Crippen LogP contribution in [0.25, 0.3) is 0 Å². The second-order valence-corrected chi connectivity index (χ2v) is 6.45. The average Bonchev–Trinajstić information content (AvgIpc) is 2.57. The second kappa shape index (κ2) is 8.20. The molecule has 128 valence electrons. The van der Waals surface area contributed by atoms with Crippen molar-refractivity contribution in [2.24, 2.45) is 0 Å². The molecule has 0 unspecified atom stereocenters. The molecular formula is C19H22BrNO3. The van der Waals surface area contributed by atoms with Crippen molar-refractivity contribution in [3.05, 3.63) is 51.5 Å². The Morgan fingerprint density at radius 2 is 1.79 bits per heavy atom. The van der Waals surface area contributed by atoms with E-state index in [2.05, 4.69) is 21.2 Å². The number of anilines is 1. The van der Waals surface area contributed by atoms with Gasteiger partial charge in [-0.05, 0) is 55.2 Å². The van der Waals surface area contributed by atoms with Gasteiger partial charge in [-0.1, -0.05) is 28.1 Å². The first kappa shape index (κ1) is 18.3. The van der Waals surface area contributed by atoms with Crippen molar-refractivity contribution >= 4 is 27.5 Å². The Hall–Kier alpha value is -2.01. The topological polar surface area (TPSA) is 47.6 Å². The molecule has 1 N–H and O–H groups in total. The summed E-state index contributed by atoms with van der Waals surface area (Å²) in [6.45, 7) is 4.04. The van der Waals surface area contributed by atoms with Crippen LogP contribution < -0.4 is 14.8 Å². The molecule has 0 spiro atoms. The Kier molecular flexibility index (Phi) is 6.26. The maximum atomic E-state index is 12.3. The van der Waals surface area contributed by atoms with Gasteiger partial charge in [0.25, 0.3) is 0 Å². The van der Waals surface area contributed by atoms with Crippen molar-refractivity contribution in [3.8, 4) is 11.5 Å². The van der Waals surface area contributed by atoms with Crippen LogP contribution in [0.15, 0.2) is 34.8 Å². The lowest BCUT2D eigenvalue weighted by Crippen LogP contribution is -2.13. The highest BCUT2D eigenvalue weighted by Crippen LogP contribution is 2.33. The van der Waals surface area contributed by atoms with Crippen LogP contribution in [0.1, 0.15) is 23.1 Å². The van der Waals surface area contributed by atoms with E-state index < -0.39 is 0 Å². The molecule has 2 aromatic rings. The minimum atomic E-state index is -0.00890. The molecule has 0 atom stereocenters. The number of benzene rings is 2. The molecule has 4 nitrogen and oxygen atoms in total. The molecule has 0 aromatic heterocycles. The van der Waals surface area contributed by atoms with Crippen LogP contribution >= 0.6 is 15.9 Å². The normalized spacial score (nSPS) is 10.4. The summed E-state index contributed by atoms with van der Waals surface area (Å²) in [7, 11) is 3.20. The van der Waals surface area contributed by atoms with E-state index in [9.17, 15) is 4.79 Å². The summed E-state index contributed by atoms with van der Waals surface area (Å²) in [5, 5.41) is 2.98. The molecule has 5 heteroatoms. The summed E-state index contributed by atoms with van der Waals surface area (Å²) in [6, 6.07) is 9.66. The van der Waals surface area contributed by atoms with Crippen molar-refractivity contribution in [3.63, 3.8) is 0 Å². The predicted octanol–water partition coefficient (Wildman–Crippen LogP) is 4.65. The zero-order valence-corrected chi connectivity index (χ0v) is 16.0. The largest absolute Gasteiger partial charge is 0.493 e. The van der Waals surface area contributed by atoms with Crippen molar-refractivity contribution in [2.75, 3.05) is 19.5 Å². The van der Waals surface area contributed by atoms with Crippen LogP contribution in [0, 0.1) is 13.8 Å². The smallest absolute Gasteiger partial charge is 0.224 e. The highest BCUT2D eigenvalue weighted by Gasteiger charge is 2.12. The van der Waals surface area contributed by atoms with Crippen molar-refractivity contribution in [2.45, 2.75) is 26.7 Å². The Labute approximate surface area is 151 Å². The van der Waals surface area contributed by atoms with E-state index in [1.807, 2.05) is 44.2 Å². The molecule has 0 aliphatic heterocycles. The zero-order valence-electron chi connectivity index (χ0n) is 14.4. The molecule has 0 fully saturated rings. The fraction of sp³-hybridized carbons (Fsp3) is 0.316. The van der Waals surface area contributed by atoms with Crippen molar-refractivity contribution in [1.82, 2.24) is 0 Å². The Bertz CT molecular complexity index is 744. The van der Waals surface area contributed by atoms with E-state index in [1.165, 1.54) is 0 Å². The van der Waals surface area contributed by atoms with Gasteiger partial charge in [0.05, 0.1) is 14.2 Å². The summed E-state index contributed by atoms with van der Waals surface area (Å²) in [4.78, 5) is 12.3. The van der Waals surface area contributed by atoms with Crippen LogP contribution in [0.5, 0.6) is 11.5 Å². The SMILES string of the molecule is COc1cc(Br)c(CCC(=O)Nc2cccc(C)c2C)cc1OC. The number of carbonyl (C=O) groups excluding carboxylic acids is 1. The van der Waals surface area contributed by atoms with Crippen LogP contribution in [-0.2, 0) is 11.2 Å². The molecule has 0 radical (unpaired) electrons. The lowest BCUT2D eigenvalue weighted by Gasteiger charge is -2.13. The first-order valence-electron chi connectivity index (χ1n) is 7.72. The number of methoxy groups -OCH3 is 2. The third-order valence-corrected chi connectivity index (χ3v) is 4.79. The summed E-state index contributed by atoms with van der Waals surface area (Å²) in [5.74, 6) is 1.31. The van der Waals surface area contributed by atoms with Gasteiger partial charge in [0.2, 0.25) is 5.91 Å². The van der Waals surface area contributed by atoms with Crippen LogP contribution in [0.4, 0.5) is 5.69 Å². The molecule has 0 saturated heterocycles. The molecule has 24 heavy (non-hydrogen) atoms. The molecule has 1 amide bonds.